The molecule has 0 aliphatic heterocycles. The van der Waals surface area contributed by atoms with E-state index in [1.54, 1.807) is 30.3 Å². The lowest BCUT2D eigenvalue weighted by molar-refractivity contribution is 0.0696. The van der Waals surface area contributed by atoms with Gasteiger partial charge in [0.15, 0.2) is 0 Å². The van der Waals surface area contributed by atoms with Gasteiger partial charge in [0, 0.05) is 11.8 Å². The van der Waals surface area contributed by atoms with Crippen molar-refractivity contribution in [3.63, 3.8) is 0 Å². The maximum Gasteiger partial charge on any atom is 0.338 e. The highest BCUT2D eigenvalue weighted by atomic mass is 19.1. The van der Waals surface area contributed by atoms with Gasteiger partial charge in [-0.2, -0.15) is 5.10 Å². The fourth-order valence-corrected chi connectivity index (χ4v) is 1.34. The van der Waals surface area contributed by atoms with Crippen molar-refractivity contribution in [1.82, 2.24) is 9.78 Å². The SMILES string of the molecule is O=C(O)c1cnn(C(F)c2ccccc2)c1. The van der Waals surface area contributed by atoms with E-state index in [0.717, 1.165) is 10.9 Å². The Kier molecular flexibility index (Phi) is 2.68. The molecule has 0 saturated heterocycles. The van der Waals surface area contributed by atoms with Gasteiger partial charge in [-0.3, -0.25) is 0 Å². The Labute approximate surface area is 90.9 Å². The van der Waals surface area contributed by atoms with E-state index in [-0.39, 0.29) is 5.56 Å². The van der Waals surface area contributed by atoms with Gasteiger partial charge in [0.1, 0.15) is 0 Å². The molecule has 0 amide bonds. The summed E-state index contributed by atoms with van der Waals surface area (Å²) < 4.78 is 14.8. The van der Waals surface area contributed by atoms with E-state index in [1.807, 2.05) is 0 Å². The molecular weight excluding hydrogens is 211 g/mol. The molecule has 1 atom stereocenters. The molecule has 16 heavy (non-hydrogen) atoms. The Morgan fingerprint density at radius 3 is 2.62 bits per heavy atom. The van der Waals surface area contributed by atoms with E-state index < -0.39 is 12.3 Å². The summed E-state index contributed by atoms with van der Waals surface area (Å²) in [5.74, 6) is -1.12. The minimum absolute atomic E-state index is 0.0291. The van der Waals surface area contributed by atoms with Crippen LogP contribution in [0.25, 0.3) is 0 Å². The number of carboxylic acid groups (broad SMARTS) is 1. The largest absolute Gasteiger partial charge is 0.478 e. The molecule has 0 spiro atoms. The fraction of sp³-hybridized carbons (Fsp3) is 0.0909. The Bertz CT molecular complexity index is 496. The maximum atomic E-state index is 13.9. The maximum absolute atomic E-state index is 13.9. The Morgan fingerprint density at radius 1 is 1.38 bits per heavy atom. The lowest BCUT2D eigenvalue weighted by atomic mass is 10.2. The average molecular weight is 220 g/mol. The van der Waals surface area contributed by atoms with Crippen LogP contribution in [0.15, 0.2) is 42.7 Å². The first-order valence-corrected chi connectivity index (χ1v) is 4.65. The van der Waals surface area contributed by atoms with Gasteiger partial charge in [-0.25, -0.2) is 13.9 Å². The van der Waals surface area contributed by atoms with Gasteiger partial charge in [0.2, 0.25) is 6.30 Å². The zero-order chi connectivity index (χ0) is 11.5. The number of carbonyl (C=O) groups is 1. The van der Waals surface area contributed by atoms with Crippen LogP contribution in [-0.2, 0) is 0 Å². The third-order valence-corrected chi connectivity index (χ3v) is 2.16. The first-order valence-electron chi connectivity index (χ1n) is 4.65. The molecule has 1 aromatic heterocycles. The highest BCUT2D eigenvalue weighted by Gasteiger charge is 2.14. The molecular formula is C11H9FN2O2. The number of rotatable bonds is 3. The highest BCUT2D eigenvalue weighted by Crippen LogP contribution is 2.18. The molecule has 1 N–H and O–H groups in total. The number of benzene rings is 1. The van der Waals surface area contributed by atoms with E-state index in [0.29, 0.717) is 5.56 Å². The lowest BCUT2D eigenvalue weighted by Gasteiger charge is -2.07. The fourth-order valence-electron chi connectivity index (χ4n) is 1.34. The standard InChI is InChI=1S/C11H9FN2O2/c12-10(8-4-2-1-3-5-8)14-7-9(6-13-14)11(15)16/h1-7,10H,(H,15,16). The molecule has 0 aliphatic rings. The van der Waals surface area contributed by atoms with Crippen LogP contribution >= 0.6 is 0 Å². The van der Waals surface area contributed by atoms with Crippen LogP contribution < -0.4 is 0 Å². The molecule has 1 heterocycles. The van der Waals surface area contributed by atoms with E-state index in [2.05, 4.69) is 5.10 Å². The van der Waals surface area contributed by atoms with E-state index in [1.165, 1.54) is 6.20 Å². The van der Waals surface area contributed by atoms with Gasteiger partial charge in [0.05, 0.1) is 11.8 Å². The number of nitrogens with zero attached hydrogens (tertiary/aromatic N) is 2. The summed E-state index contributed by atoms with van der Waals surface area (Å²) in [6.07, 6.45) is 0.826. The van der Waals surface area contributed by atoms with Crippen LogP contribution in [0, 0.1) is 0 Å². The minimum atomic E-state index is -1.46. The van der Waals surface area contributed by atoms with E-state index in [4.69, 9.17) is 5.11 Å². The number of aromatic carboxylic acids is 1. The molecule has 1 unspecified atom stereocenters. The van der Waals surface area contributed by atoms with Crippen molar-refractivity contribution >= 4 is 5.97 Å². The zero-order valence-electron chi connectivity index (χ0n) is 8.25. The third-order valence-electron chi connectivity index (χ3n) is 2.16. The Balaban J connectivity index is 2.27. The summed E-state index contributed by atoms with van der Waals surface area (Å²) >= 11 is 0. The van der Waals surface area contributed by atoms with Crippen LogP contribution in [0.3, 0.4) is 0 Å². The van der Waals surface area contributed by atoms with Crippen LogP contribution in [0.5, 0.6) is 0 Å². The monoisotopic (exact) mass is 220 g/mol. The summed E-state index contributed by atoms with van der Waals surface area (Å²) in [5, 5.41) is 12.3. The van der Waals surface area contributed by atoms with Crippen molar-refractivity contribution in [2.24, 2.45) is 0 Å². The molecule has 5 heteroatoms. The predicted molar refractivity (Wildman–Crippen MR) is 54.9 cm³/mol. The van der Waals surface area contributed by atoms with Gasteiger partial charge in [-0.15, -0.1) is 0 Å². The minimum Gasteiger partial charge on any atom is -0.478 e. The van der Waals surface area contributed by atoms with Gasteiger partial charge in [-0.1, -0.05) is 30.3 Å². The van der Waals surface area contributed by atoms with Crippen molar-refractivity contribution in [2.45, 2.75) is 6.30 Å². The molecule has 82 valence electrons. The van der Waals surface area contributed by atoms with Crippen LogP contribution in [-0.4, -0.2) is 20.9 Å². The molecule has 1 aromatic carbocycles. The Morgan fingerprint density at radius 2 is 2.06 bits per heavy atom. The van der Waals surface area contributed by atoms with E-state index in [9.17, 15) is 9.18 Å². The second-order valence-electron chi connectivity index (χ2n) is 3.26. The first kappa shape index (κ1) is 10.4. The number of hydrogen-bond donors (Lipinski definition) is 1. The quantitative estimate of drug-likeness (QED) is 0.861. The molecule has 0 aliphatic carbocycles. The topological polar surface area (TPSA) is 55.1 Å². The second-order valence-corrected chi connectivity index (χ2v) is 3.26. The summed E-state index contributed by atoms with van der Waals surface area (Å²) in [6.45, 7) is 0. The molecule has 2 rings (SSSR count). The summed E-state index contributed by atoms with van der Waals surface area (Å²) in [7, 11) is 0. The molecule has 2 aromatic rings. The second kappa shape index (κ2) is 4.14. The average Bonchev–Trinajstić information content (AvgIpc) is 2.78. The summed E-state index contributed by atoms with van der Waals surface area (Å²) in [6, 6.07) is 8.44. The Hall–Kier alpha value is -2.17. The number of halogens is 1. The normalized spacial score (nSPS) is 12.3. The summed E-state index contributed by atoms with van der Waals surface area (Å²) in [4.78, 5) is 10.6. The van der Waals surface area contributed by atoms with Gasteiger partial charge in [0.25, 0.3) is 0 Å². The number of aromatic nitrogens is 2. The van der Waals surface area contributed by atoms with Crippen molar-refractivity contribution in [2.75, 3.05) is 0 Å². The zero-order valence-corrected chi connectivity index (χ0v) is 8.25. The van der Waals surface area contributed by atoms with Gasteiger partial charge in [-0.05, 0) is 0 Å². The molecule has 0 radical (unpaired) electrons. The van der Waals surface area contributed by atoms with Crippen molar-refractivity contribution in [3.8, 4) is 0 Å². The lowest BCUT2D eigenvalue weighted by Crippen LogP contribution is -2.05. The van der Waals surface area contributed by atoms with Gasteiger partial charge < -0.3 is 5.11 Å². The summed E-state index contributed by atoms with van der Waals surface area (Å²) in [5.41, 5.74) is 0.404. The molecule has 0 saturated carbocycles. The van der Waals surface area contributed by atoms with Crippen LogP contribution in [0.4, 0.5) is 4.39 Å². The third kappa shape index (κ3) is 1.93. The highest BCUT2D eigenvalue weighted by molar-refractivity contribution is 5.86. The van der Waals surface area contributed by atoms with Crippen LogP contribution in [0.2, 0.25) is 0 Å². The number of carboxylic acids is 1. The number of alkyl halides is 1. The van der Waals surface area contributed by atoms with Crippen molar-refractivity contribution in [1.29, 1.82) is 0 Å². The molecule has 4 nitrogen and oxygen atoms in total. The van der Waals surface area contributed by atoms with Crippen LogP contribution in [0.1, 0.15) is 22.2 Å². The molecule has 0 fully saturated rings. The number of hydrogen-bond acceptors (Lipinski definition) is 2. The van der Waals surface area contributed by atoms with E-state index >= 15 is 0 Å². The van der Waals surface area contributed by atoms with Crippen molar-refractivity contribution < 1.29 is 14.3 Å². The first-order chi connectivity index (χ1) is 7.68. The molecule has 0 bridgehead atoms. The van der Waals surface area contributed by atoms with Gasteiger partial charge >= 0.3 is 5.97 Å². The van der Waals surface area contributed by atoms with Crippen molar-refractivity contribution in [3.05, 3.63) is 53.9 Å². The predicted octanol–water partition coefficient (Wildman–Crippen LogP) is 2.10. The smallest absolute Gasteiger partial charge is 0.338 e.